The van der Waals surface area contributed by atoms with Crippen molar-refractivity contribution in [2.75, 3.05) is 7.11 Å². The molecule has 2 rings (SSSR count). The molecule has 4 heteroatoms. The predicted octanol–water partition coefficient (Wildman–Crippen LogP) is 3.91. The average molecular weight is 318 g/mol. The van der Waals surface area contributed by atoms with Gasteiger partial charge in [0, 0.05) is 0 Å². The van der Waals surface area contributed by atoms with Crippen LogP contribution >= 0.6 is 15.9 Å². The van der Waals surface area contributed by atoms with E-state index >= 15 is 0 Å². The summed E-state index contributed by atoms with van der Waals surface area (Å²) < 4.78 is 11.6. The highest BCUT2D eigenvalue weighted by atomic mass is 79.9. The molecule has 0 fully saturated rings. The van der Waals surface area contributed by atoms with Gasteiger partial charge in [-0.2, -0.15) is 5.26 Å². The summed E-state index contributed by atoms with van der Waals surface area (Å²) in [5.74, 6) is 1.15. The van der Waals surface area contributed by atoms with Gasteiger partial charge in [0.25, 0.3) is 0 Å². The third-order valence-electron chi connectivity index (χ3n) is 2.63. The van der Waals surface area contributed by atoms with Gasteiger partial charge in [-0.05, 0) is 33.6 Å². The molecule has 0 radical (unpaired) electrons. The van der Waals surface area contributed by atoms with Crippen LogP contribution in [0.15, 0.2) is 46.9 Å². The van der Waals surface area contributed by atoms with Crippen molar-refractivity contribution in [1.82, 2.24) is 0 Å². The molecular weight excluding hydrogens is 306 g/mol. The van der Waals surface area contributed by atoms with E-state index in [-0.39, 0.29) is 0 Å². The van der Waals surface area contributed by atoms with E-state index in [2.05, 4.69) is 22.0 Å². The number of halogens is 1. The van der Waals surface area contributed by atoms with E-state index in [1.807, 2.05) is 30.3 Å². The van der Waals surface area contributed by atoms with E-state index in [1.165, 1.54) is 0 Å². The third-order valence-corrected chi connectivity index (χ3v) is 3.41. The van der Waals surface area contributed by atoms with E-state index in [9.17, 15) is 0 Å². The lowest BCUT2D eigenvalue weighted by Crippen LogP contribution is -1.99. The molecule has 0 atom stereocenters. The zero-order valence-corrected chi connectivity index (χ0v) is 12.0. The van der Waals surface area contributed by atoms with Crippen LogP contribution in [0.1, 0.15) is 11.1 Å². The van der Waals surface area contributed by atoms with Gasteiger partial charge < -0.3 is 9.47 Å². The van der Waals surface area contributed by atoms with Gasteiger partial charge in [-0.1, -0.05) is 30.3 Å². The van der Waals surface area contributed by atoms with E-state index in [1.54, 1.807) is 19.2 Å². The molecule has 19 heavy (non-hydrogen) atoms. The Balaban J connectivity index is 2.26. The van der Waals surface area contributed by atoms with Crippen molar-refractivity contribution in [3.63, 3.8) is 0 Å². The maximum absolute atomic E-state index is 9.02. The number of benzene rings is 2. The monoisotopic (exact) mass is 317 g/mol. The first-order valence-corrected chi connectivity index (χ1v) is 6.49. The summed E-state index contributed by atoms with van der Waals surface area (Å²) in [6.45, 7) is 0.421. The molecular formula is C15H12BrNO2. The van der Waals surface area contributed by atoms with Gasteiger partial charge in [-0.15, -0.1) is 0 Å². The number of ether oxygens (including phenoxy) is 2. The van der Waals surface area contributed by atoms with Crippen LogP contribution in [-0.2, 0) is 6.61 Å². The summed E-state index contributed by atoms with van der Waals surface area (Å²) in [5.41, 5.74) is 1.57. The number of rotatable bonds is 4. The van der Waals surface area contributed by atoms with Crippen LogP contribution in [0.2, 0.25) is 0 Å². The molecule has 0 aliphatic carbocycles. The molecule has 0 aromatic heterocycles. The van der Waals surface area contributed by atoms with Crippen molar-refractivity contribution >= 4 is 15.9 Å². The molecule has 0 aliphatic rings. The summed E-state index contributed by atoms with van der Waals surface area (Å²) in [7, 11) is 1.57. The van der Waals surface area contributed by atoms with Gasteiger partial charge >= 0.3 is 0 Å². The average Bonchev–Trinajstić information content (AvgIpc) is 2.46. The molecule has 0 spiro atoms. The van der Waals surface area contributed by atoms with Gasteiger partial charge in [-0.3, -0.25) is 0 Å². The molecule has 96 valence electrons. The van der Waals surface area contributed by atoms with Crippen molar-refractivity contribution in [3.8, 4) is 17.6 Å². The zero-order chi connectivity index (χ0) is 13.7. The van der Waals surface area contributed by atoms with Gasteiger partial charge in [0.2, 0.25) is 0 Å². The second kappa shape index (κ2) is 6.26. The first kappa shape index (κ1) is 13.4. The highest BCUT2D eigenvalue weighted by Crippen LogP contribution is 2.37. The molecule has 0 N–H and O–H groups in total. The lowest BCUT2D eigenvalue weighted by Gasteiger charge is -2.13. The smallest absolute Gasteiger partial charge is 0.177 e. The summed E-state index contributed by atoms with van der Waals surface area (Å²) >= 11 is 3.38. The fraction of sp³-hybridized carbons (Fsp3) is 0.133. The third kappa shape index (κ3) is 3.07. The van der Waals surface area contributed by atoms with Gasteiger partial charge in [0.1, 0.15) is 12.7 Å². The number of methoxy groups -OCH3 is 1. The summed E-state index contributed by atoms with van der Waals surface area (Å²) in [6, 6.07) is 15.3. The Morgan fingerprint density at radius 3 is 2.53 bits per heavy atom. The number of nitrogens with zero attached hydrogens (tertiary/aromatic N) is 1. The molecule has 2 aromatic carbocycles. The lowest BCUT2D eigenvalue weighted by atomic mass is 10.2. The molecule has 0 saturated carbocycles. The fourth-order valence-electron chi connectivity index (χ4n) is 1.65. The standard InChI is InChI=1S/C15H12BrNO2/c1-18-13-8-7-12(9-17)14(16)15(13)19-10-11-5-3-2-4-6-11/h2-8H,10H2,1H3. The van der Waals surface area contributed by atoms with Crippen LogP contribution in [0.5, 0.6) is 11.5 Å². The maximum atomic E-state index is 9.02. The highest BCUT2D eigenvalue weighted by Gasteiger charge is 2.13. The number of hydrogen-bond donors (Lipinski definition) is 0. The molecule has 0 bridgehead atoms. The van der Waals surface area contributed by atoms with Crippen molar-refractivity contribution < 1.29 is 9.47 Å². The quantitative estimate of drug-likeness (QED) is 0.858. The summed E-state index contributed by atoms with van der Waals surface area (Å²) in [6.07, 6.45) is 0. The van der Waals surface area contributed by atoms with E-state index in [4.69, 9.17) is 14.7 Å². The minimum Gasteiger partial charge on any atom is -0.493 e. The highest BCUT2D eigenvalue weighted by molar-refractivity contribution is 9.10. The van der Waals surface area contributed by atoms with Gasteiger partial charge in [0.15, 0.2) is 11.5 Å². The zero-order valence-electron chi connectivity index (χ0n) is 10.4. The minimum absolute atomic E-state index is 0.421. The summed E-state index contributed by atoms with van der Waals surface area (Å²) in [4.78, 5) is 0. The van der Waals surface area contributed by atoms with Gasteiger partial charge in [0.05, 0.1) is 17.1 Å². The Labute approximate surface area is 120 Å². The van der Waals surface area contributed by atoms with Crippen LogP contribution in [0.3, 0.4) is 0 Å². The van der Waals surface area contributed by atoms with Crippen molar-refractivity contribution in [3.05, 3.63) is 58.1 Å². The van der Waals surface area contributed by atoms with Crippen LogP contribution in [0.4, 0.5) is 0 Å². The van der Waals surface area contributed by atoms with Crippen molar-refractivity contribution in [2.45, 2.75) is 6.61 Å². The molecule has 0 aliphatic heterocycles. The largest absolute Gasteiger partial charge is 0.493 e. The van der Waals surface area contributed by atoms with Gasteiger partial charge in [-0.25, -0.2) is 0 Å². The second-order valence-electron chi connectivity index (χ2n) is 3.84. The van der Waals surface area contributed by atoms with E-state index in [0.29, 0.717) is 28.1 Å². The molecule has 0 heterocycles. The number of hydrogen-bond acceptors (Lipinski definition) is 3. The summed E-state index contributed by atoms with van der Waals surface area (Å²) in [5, 5.41) is 9.02. The Bertz CT molecular complexity index is 606. The molecule has 3 nitrogen and oxygen atoms in total. The Morgan fingerprint density at radius 2 is 1.89 bits per heavy atom. The Hall–Kier alpha value is -1.99. The molecule has 0 saturated heterocycles. The molecule has 0 amide bonds. The second-order valence-corrected chi connectivity index (χ2v) is 4.64. The SMILES string of the molecule is COc1ccc(C#N)c(Br)c1OCc1ccccc1. The normalized spacial score (nSPS) is 9.74. The van der Waals surface area contributed by atoms with E-state index in [0.717, 1.165) is 5.56 Å². The van der Waals surface area contributed by atoms with Crippen LogP contribution in [-0.4, -0.2) is 7.11 Å². The Morgan fingerprint density at radius 1 is 1.16 bits per heavy atom. The Kier molecular flexibility index (Phi) is 4.43. The first-order chi connectivity index (χ1) is 9.26. The number of nitriles is 1. The van der Waals surface area contributed by atoms with Crippen LogP contribution < -0.4 is 9.47 Å². The van der Waals surface area contributed by atoms with Crippen LogP contribution in [0.25, 0.3) is 0 Å². The predicted molar refractivity (Wildman–Crippen MR) is 76.2 cm³/mol. The minimum atomic E-state index is 0.421. The lowest BCUT2D eigenvalue weighted by molar-refractivity contribution is 0.282. The van der Waals surface area contributed by atoms with E-state index < -0.39 is 0 Å². The fourth-order valence-corrected chi connectivity index (χ4v) is 2.18. The topological polar surface area (TPSA) is 42.2 Å². The van der Waals surface area contributed by atoms with Crippen molar-refractivity contribution in [2.24, 2.45) is 0 Å². The van der Waals surface area contributed by atoms with Crippen LogP contribution in [0, 0.1) is 11.3 Å². The van der Waals surface area contributed by atoms with Crippen molar-refractivity contribution in [1.29, 1.82) is 5.26 Å². The molecule has 0 unspecified atom stereocenters. The first-order valence-electron chi connectivity index (χ1n) is 5.69. The molecule has 2 aromatic rings. The maximum Gasteiger partial charge on any atom is 0.177 e.